The summed E-state index contributed by atoms with van der Waals surface area (Å²) in [4.78, 5) is 0. The third-order valence-electron chi connectivity index (χ3n) is 1.69. The molecule has 4 heteroatoms. The molecule has 0 fully saturated rings. The molecule has 0 aliphatic carbocycles. The van der Waals surface area contributed by atoms with E-state index in [1.54, 1.807) is 0 Å². The zero-order chi connectivity index (χ0) is 9.84. The predicted molar refractivity (Wildman–Crippen MR) is 64.0 cm³/mol. The summed E-state index contributed by atoms with van der Waals surface area (Å²) in [5.74, 6) is 0. The van der Waals surface area contributed by atoms with Crippen molar-refractivity contribution in [3.8, 4) is 6.07 Å². The fourth-order valence-electron chi connectivity index (χ4n) is 1.02. The number of hydrogen-bond acceptors (Lipinski definition) is 2. The second kappa shape index (κ2) is 4.94. The monoisotopic (exact) mass is 350 g/mol. The Labute approximate surface area is 99.4 Å². The second-order valence-corrected chi connectivity index (χ2v) is 4.57. The van der Waals surface area contributed by atoms with Crippen LogP contribution in [-0.2, 0) is 0 Å². The molecular weight excluding hydrogens is 343 g/mol. The third-order valence-corrected chi connectivity index (χ3v) is 4.22. The van der Waals surface area contributed by atoms with Crippen LogP contribution in [0.15, 0.2) is 22.7 Å². The maximum Gasteiger partial charge on any atom is 0.0641 e. The molecule has 1 aromatic rings. The van der Waals surface area contributed by atoms with Gasteiger partial charge in [-0.25, -0.2) is 0 Å². The third kappa shape index (κ3) is 2.66. The van der Waals surface area contributed by atoms with Crippen molar-refractivity contribution in [1.29, 1.82) is 5.26 Å². The molecule has 0 amide bonds. The molecule has 1 unspecified atom stereocenters. The minimum absolute atomic E-state index is 0.200. The van der Waals surface area contributed by atoms with Gasteiger partial charge in [-0.2, -0.15) is 5.26 Å². The Morgan fingerprint density at radius 3 is 2.92 bits per heavy atom. The number of halogens is 2. The predicted octanol–water partition coefficient (Wildman–Crippen LogP) is 2.97. The fourth-order valence-corrected chi connectivity index (χ4v) is 2.09. The van der Waals surface area contributed by atoms with Gasteiger partial charge in [0.1, 0.15) is 0 Å². The van der Waals surface area contributed by atoms with Crippen LogP contribution in [0.5, 0.6) is 0 Å². The summed E-state index contributed by atoms with van der Waals surface area (Å²) >= 11 is 5.68. The summed E-state index contributed by atoms with van der Waals surface area (Å²) < 4.78 is 2.11. The standard InChI is InChI=1S/C9H8BrIN2/c10-9-6(8(13)4-5-12)2-1-3-7(9)11/h1-3,8H,4,13H2. The van der Waals surface area contributed by atoms with Crippen LogP contribution in [-0.4, -0.2) is 0 Å². The summed E-state index contributed by atoms with van der Waals surface area (Å²) in [7, 11) is 0. The van der Waals surface area contributed by atoms with Gasteiger partial charge in [0.05, 0.1) is 12.5 Å². The lowest BCUT2D eigenvalue weighted by molar-refractivity contribution is 0.744. The van der Waals surface area contributed by atoms with Crippen LogP contribution in [0.1, 0.15) is 18.0 Å². The number of nitrogens with zero attached hydrogens (tertiary/aromatic N) is 1. The van der Waals surface area contributed by atoms with Crippen molar-refractivity contribution in [3.63, 3.8) is 0 Å². The second-order valence-electron chi connectivity index (χ2n) is 2.61. The topological polar surface area (TPSA) is 49.8 Å². The Kier molecular flexibility index (Phi) is 4.16. The van der Waals surface area contributed by atoms with Crippen molar-refractivity contribution in [2.75, 3.05) is 0 Å². The molecule has 1 atom stereocenters. The highest BCUT2D eigenvalue weighted by Gasteiger charge is 2.10. The van der Waals surface area contributed by atoms with Crippen LogP contribution in [0, 0.1) is 14.9 Å². The minimum atomic E-state index is -0.200. The number of benzene rings is 1. The molecule has 0 bridgehead atoms. The van der Waals surface area contributed by atoms with Crippen molar-refractivity contribution < 1.29 is 0 Å². The Bertz CT molecular complexity index is 346. The molecule has 0 saturated carbocycles. The molecule has 0 heterocycles. The van der Waals surface area contributed by atoms with Crippen LogP contribution in [0.3, 0.4) is 0 Å². The van der Waals surface area contributed by atoms with E-state index in [1.807, 2.05) is 18.2 Å². The largest absolute Gasteiger partial charge is 0.323 e. The lowest BCUT2D eigenvalue weighted by Crippen LogP contribution is -2.10. The van der Waals surface area contributed by atoms with E-state index in [4.69, 9.17) is 11.0 Å². The summed E-state index contributed by atoms with van der Waals surface area (Å²) in [5, 5.41) is 8.51. The Morgan fingerprint density at radius 2 is 2.31 bits per heavy atom. The Hall–Kier alpha value is -0.120. The van der Waals surface area contributed by atoms with Gasteiger partial charge in [0.25, 0.3) is 0 Å². The van der Waals surface area contributed by atoms with E-state index in [0.29, 0.717) is 6.42 Å². The average Bonchev–Trinajstić information content (AvgIpc) is 2.10. The Balaban J connectivity index is 3.02. The molecule has 0 spiro atoms. The number of hydrogen-bond donors (Lipinski definition) is 1. The lowest BCUT2D eigenvalue weighted by atomic mass is 10.1. The minimum Gasteiger partial charge on any atom is -0.323 e. The average molecular weight is 351 g/mol. The van der Waals surface area contributed by atoms with E-state index in [2.05, 4.69) is 44.6 Å². The SMILES string of the molecule is N#CCC(N)c1cccc(I)c1Br. The van der Waals surface area contributed by atoms with Crippen LogP contribution in [0.2, 0.25) is 0 Å². The molecule has 0 aliphatic rings. The number of rotatable bonds is 2. The van der Waals surface area contributed by atoms with Crippen molar-refractivity contribution >= 4 is 38.5 Å². The first kappa shape index (κ1) is 11.0. The lowest BCUT2D eigenvalue weighted by Gasteiger charge is -2.10. The molecule has 0 radical (unpaired) electrons. The van der Waals surface area contributed by atoms with Crippen molar-refractivity contribution in [1.82, 2.24) is 0 Å². The summed E-state index contributed by atoms with van der Waals surface area (Å²) in [5.41, 5.74) is 6.81. The van der Waals surface area contributed by atoms with Gasteiger partial charge in [0, 0.05) is 14.1 Å². The summed E-state index contributed by atoms with van der Waals surface area (Å²) in [6.07, 6.45) is 0.346. The maximum absolute atomic E-state index is 8.51. The first-order chi connectivity index (χ1) is 6.16. The molecule has 2 nitrogen and oxygen atoms in total. The molecule has 1 rings (SSSR count). The van der Waals surface area contributed by atoms with Gasteiger partial charge in [-0.1, -0.05) is 12.1 Å². The van der Waals surface area contributed by atoms with Crippen LogP contribution < -0.4 is 5.73 Å². The van der Waals surface area contributed by atoms with E-state index in [1.165, 1.54) is 0 Å². The summed E-state index contributed by atoms with van der Waals surface area (Å²) in [6, 6.07) is 7.74. The maximum atomic E-state index is 8.51. The van der Waals surface area contributed by atoms with Crippen LogP contribution in [0.4, 0.5) is 0 Å². The highest BCUT2D eigenvalue weighted by molar-refractivity contribution is 14.1. The van der Waals surface area contributed by atoms with Crippen molar-refractivity contribution in [2.24, 2.45) is 5.73 Å². The number of nitriles is 1. The van der Waals surface area contributed by atoms with Gasteiger partial charge in [0.15, 0.2) is 0 Å². The molecular formula is C9H8BrIN2. The molecule has 68 valence electrons. The highest BCUT2D eigenvalue weighted by atomic mass is 127. The normalized spacial score (nSPS) is 12.2. The molecule has 2 N–H and O–H groups in total. The first-order valence-electron chi connectivity index (χ1n) is 3.73. The molecule has 0 saturated heterocycles. The van der Waals surface area contributed by atoms with E-state index in [9.17, 15) is 0 Å². The quantitative estimate of drug-likeness (QED) is 0.833. The zero-order valence-corrected chi connectivity index (χ0v) is 10.5. The van der Waals surface area contributed by atoms with Gasteiger partial charge in [-0.3, -0.25) is 0 Å². The van der Waals surface area contributed by atoms with E-state index >= 15 is 0 Å². The van der Waals surface area contributed by atoms with E-state index in [-0.39, 0.29) is 6.04 Å². The van der Waals surface area contributed by atoms with Crippen molar-refractivity contribution in [2.45, 2.75) is 12.5 Å². The molecule has 13 heavy (non-hydrogen) atoms. The molecule has 1 aromatic carbocycles. The van der Waals surface area contributed by atoms with Gasteiger partial charge in [0.2, 0.25) is 0 Å². The number of nitrogens with two attached hydrogens (primary N) is 1. The van der Waals surface area contributed by atoms with Gasteiger partial charge < -0.3 is 5.73 Å². The molecule has 0 aromatic heterocycles. The first-order valence-corrected chi connectivity index (χ1v) is 5.60. The van der Waals surface area contributed by atoms with Crippen molar-refractivity contribution in [3.05, 3.63) is 31.8 Å². The smallest absolute Gasteiger partial charge is 0.0641 e. The Morgan fingerprint density at radius 1 is 1.62 bits per heavy atom. The van der Waals surface area contributed by atoms with Gasteiger partial charge >= 0.3 is 0 Å². The van der Waals surface area contributed by atoms with Gasteiger partial charge in [-0.15, -0.1) is 0 Å². The molecule has 0 aliphatic heterocycles. The highest BCUT2D eigenvalue weighted by Crippen LogP contribution is 2.28. The van der Waals surface area contributed by atoms with E-state index in [0.717, 1.165) is 13.6 Å². The van der Waals surface area contributed by atoms with E-state index < -0.39 is 0 Å². The van der Waals surface area contributed by atoms with Crippen LogP contribution in [0.25, 0.3) is 0 Å². The summed E-state index contributed by atoms with van der Waals surface area (Å²) in [6.45, 7) is 0. The van der Waals surface area contributed by atoms with Gasteiger partial charge in [-0.05, 0) is 50.2 Å². The van der Waals surface area contributed by atoms with Crippen LogP contribution >= 0.6 is 38.5 Å². The zero-order valence-electron chi connectivity index (χ0n) is 6.80. The fraction of sp³-hybridized carbons (Fsp3) is 0.222.